The lowest BCUT2D eigenvalue weighted by Gasteiger charge is -2.32. The zero-order valence-electron chi connectivity index (χ0n) is 11.9. The van der Waals surface area contributed by atoms with E-state index in [-0.39, 0.29) is 5.92 Å². The van der Waals surface area contributed by atoms with Crippen LogP contribution in [0, 0.1) is 11.8 Å². The predicted molar refractivity (Wildman–Crippen MR) is 74.4 cm³/mol. The molecule has 3 heteroatoms. The van der Waals surface area contributed by atoms with Crippen molar-refractivity contribution in [3.05, 3.63) is 0 Å². The van der Waals surface area contributed by atoms with Crippen molar-refractivity contribution in [2.24, 2.45) is 11.8 Å². The Hall–Kier alpha value is -0.570. The topological polar surface area (TPSA) is 41.1 Å². The fourth-order valence-corrected chi connectivity index (χ4v) is 3.46. The molecule has 0 aromatic rings. The van der Waals surface area contributed by atoms with E-state index in [2.05, 4.69) is 24.5 Å². The van der Waals surface area contributed by atoms with E-state index in [1.54, 1.807) is 0 Å². The van der Waals surface area contributed by atoms with Crippen molar-refractivity contribution in [2.45, 2.75) is 70.9 Å². The molecule has 0 aromatic heterocycles. The number of hydrogen-bond acceptors (Lipinski definition) is 2. The number of rotatable bonds is 3. The smallest absolute Gasteiger partial charge is 0.223 e. The molecule has 1 saturated carbocycles. The van der Waals surface area contributed by atoms with Crippen LogP contribution in [0.3, 0.4) is 0 Å². The van der Waals surface area contributed by atoms with Gasteiger partial charge < -0.3 is 10.6 Å². The van der Waals surface area contributed by atoms with E-state index < -0.39 is 0 Å². The van der Waals surface area contributed by atoms with Crippen LogP contribution in [0.1, 0.15) is 58.8 Å². The molecular formula is C15H28N2O. The van der Waals surface area contributed by atoms with E-state index in [1.807, 2.05) is 0 Å². The Balaban J connectivity index is 1.78. The summed E-state index contributed by atoms with van der Waals surface area (Å²) in [5.74, 6) is 1.23. The average molecular weight is 252 g/mol. The molecule has 1 saturated heterocycles. The number of carbonyl (C=O) groups excluding carboxylic acids is 1. The zero-order valence-corrected chi connectivity index (χ0v) is 11.9. The fourth-order valence-electron chi connectivity index (χ4n) is 3.46. The van der Waals surface area contributed by atoms with Crippen molar-refractivity contribution in [1.29, 1.82) is 0 Å². The van der Waals surface area contributed by atoms with Crippen LogP contribution < -0.4 is 10.6 Å². The van der Waals surface area contributed by atoms with Crippen molar-refractivity contribution in [3.63, 3.8) is 0 Å². The highest BCUT2D eigenvalue weighted by atomic mass is 16.1. The second kappa shape index (κ2) is 6.55. The Bertz CT molecular complexity index is 274. The zero-order chi connectivity index (χ0) is 13.0. The molecular weight excluding hydrogens is 224 g/mol. The predicted octanol–water partition coefficient (Wildman–Crippen LogP) is 2.46. The lowest BCUT2D eigenvalue weighted by molar-refractivity contribution is -0.127. The van der Waals surface area contributed by atoms with Crippen molar-refractivity contribution in [1.82, 2.24) is 10.6 Å². The van der Waals surface area contributed by atoms with Crippen LogP contribution in [-0.4, -0.2) is 24.5 Å². The van der Waals surface area contributed by atoms with Crippen molar-refractivity contribution >= 4 is 5.91 Å². The van der Waals surface area contributed by atoms with Crippen LogP contribution in [0.25, 0.3) is 0 Å². The lowest BCUT2D eigenvalue weighted by atomic mass is 9.84. The first-order chi connectivity index (χ1) is 8.66. The molecule has 2 unspecified atom stereocenters. The van der Waals surface area contributed by atoms with Gasteiger partial charge in [0, 0.05) is 18.0 Å². The summed E-state index contributed by atoms with van der Waals surface area (Å²) in [4.78, 5) is 12.3. The molecule has 2 aliphatic rings. The Morgan fingerprint density at radius 2 is 1.94 bits per heavy atom. The van der Waals surface area contributed by atoms with Gasteiger partial charge in [-0.15, -0.1) is 0 Å². The van der Waals surface area contributed by atoms with Crippen molar-refractivity contribution in [3.8, 4) is 0 Å². The van der Waals surface area contributed by atoms with Gasteiger partial charge in [0.05, 0.1) is 0 Å². The molecule has 18 heavy (non-hydrogen) atoms. The number of nitrogens with one attached hydrogen (secondary N) is 2. The van der Waals surface area contributed by atoms with Gasteiger partial charge >= 0.3 is 0 Å². The van der Waals surface area contributed by atoms with Gasteiger partial charge in [0.15, 0.2) is 0 Å². The average Bonchev–Trinajstić information content (AvgIpc) is 2.39. The second-order valence-electron chi connectivity index (χ2n) is 6.27. The molecule has 1 aliphatic heterocycles. The number of amides is 1. The van der Waals surface area contributed by atoms with Crippen LogP contribution >= 0.6 is 0 Å². The molecule has 1 aliphatic carbocycles. The summed E-state index contributed by atoms with van der Waals surface area (Å²) in [6, 6.07) is 0.850. The number of carbonyl (C=O) groups is 1. The van der Waals surface area contributed by atoms with Gasteiger partial charge in [-0.3, -0.25) is 4.79 Å². The minimum absolute atomic E-state index is 0.229. The number of piperidine rings is 1. The summed E-state index contributed by atoms with van der Waals surface area (Å²) < 4.78 is 0. The van der Waals surface area contributed by atoms with E-state index >= 15 is 0 Å². The molecule has 2 fully saturated rings. The number of hydrogen-bond donors (Lipinski definition) is 2. The van der Waals surface area contributed by atoms with Gasteiger partial charge in [-0.1, -0.05) is 19.3 Å². The van der Waals surface area contributed by atoms with Gasteiger partial charge in [0.1, 0.15) is 0 Å². The standard InChI is InChI=1S/C15H28N2O/c1-11-10-14(8-9-16-11)15(18)17-12(2)13-6-4-3-5-7-13/h11-14,16H,3-10H2,1-2H3,(H,17,18)/t11?,12-,14?/m1/s1. The summed E-state index contributed by atoms with van der Waals surface area (Å²) in [6.45, 7) is 5.35. The van der Waals surface area contributed by atoms with E-state index in [4.69, 9.17) is 0 Å². The third kappa shape index (κ3) is 3.71. The molecule has 0 spiro atoms. The molecule has 104 valence electrons. The van der Waals surface area contributed by atoms with Gasteiger partial charge in [-0.25, -0.2) is 0 Å². The van der Waals surface area contributed by atoms with Crippen LogP contribution in [-0.2, 0) is 4.79 Å². The maximum atomic E-state index is 12.3. The first-order valence-electron chi connectivity index (χ1n) is 7.70. The van der Waals surface area contributed by atoms with Gasteiger partial charge in [-0.2, -0.15) is 0 Å². The highest BCUT2D eigenvalue weighted by Crippen LogP contribution is 2.26. The quantitative estimate of drug-likeness (QED) is 0.810. The maximum absolute atomic E-state index is 12.3. The molecule has 0 aromatic carbocycles. The SMILES string of the molecule is CC1CC(C(=O)N[C@H](C)C2CCCCC2)CCN1. The van der Waals surface area contributed by atoms with E-state index in [0.29, 0.717) is 23.9 Å². The molecule has 1 amide bonds. The first kappa shape index (κ1) is 13.9. The van der Waals surface area contributed by atoms with Gasteiger partial charge in [-0.05, 0) is 52.0 Å². The molecule has 2 N–H and O–H groups in total. The summed E-state index contributed by atoms with van der Waals surface area (Å²) in [5, 5.41) is 6.68. The van der Waals surface area contributed by atoms with Gasteiger partial charge in [0.25, 0.3) is 0 Å². The Kier molecular flexibility index (Phi) is 5.04. The largest absolute Gasteiger partial charge is 0.353 e. The highest BCUT2D eigenvalue weighted by molar-refractivity contribution is 5.79. The summed E-state index contributed by atoms with van der Waals surface area (Å²) in [6.07, 6.45) is 8.64. The summed E-state index contributed by atoms with van der Waals surface area (Å²) in [5.41, 5.74) is 0. The van der Waals surface area contributed by atoms with Crippen LogP contribution in [0.4, 0.5) is 0 Å². The van der Waals surface area contributed by atoms with Crippen LogP contribution in [0.5, 0.6) is 0 Å². The molecule has 0 radical (unpaired) electrons. The van der Waals surface area contributed by atoms with Crippen molar-refractivity contribution < 1.29 is 4.79 Å². The summed E-state index contributed by atoms with van der Waals surface area (Å²) >= 11 is 0. The minimum Gasteiger partial charge on any atom is -0.353 e. The first-order valence-corrected chi connectivity index (χ1v) is 7.70. The monoisotopic (exact) mass is 252 g/mol. The second-order valence-corrected chi connectivity index (χ2v) is 6.27. The minimum atomic E-state index is 0.229. The lowest BCUT2D eigenvalue weighted by Crippen LogP contribution is -2.46. The third-order valence-electron chi connectivity index (χ3n) is 4.72. The molecule has 1 heterocycles. The molecule has 3 atom stereocenters. The van der Waals surface area contributed by atoms with Crippen LogP contribution in [0.15, 0.2) is 0 Å². The Morgan fingerprint density at radius 3 is 2.61 bits per heavy atom. The maximum Gasteiger partial charge on any atom is 0.223 e. The van der Waals surface area contributed by atoms with E-state index in [1.165, 1.54) is 32.1 Å². The fraction of sp³-hybridized carbons (Fsp3) is 0.933. The molecule has 0 bridgehead atoms. The normalized spacial score (nSPS) is 31.9. The summed E-state index contributed by atoms with van der Waals surface area (Å²) in [7, 11) is 0. The third-order valence-corrected chi connectivity index (χ3v) is 4.72. The van der Waals surface area contributed by atoms with Crippen molar-refractivity contribution in [2.75, 3.05) is 6.54 Å². The molecule has 3 nitrogen and oxygen atoms in total. The van der Waals surface area contributed by atoms with E-state index in [9.17, 15) is 4.79 Å². The van der Waals surface area contributed by atoms with Gasteiger partial charge in [0.2, 0.25) is 5.91 Å². The molecule has 2 rings (SSSR count). The highest BCUT2D eigenvalue weighted by Gasteiger charge is 2.27. The van der Waals surface area contributed by atoms with E-state index in [0.717, 1.165) is 19.4 Å². The Morgan fingerprint density at radius 1 is 1.22 bits per heavy atom. The van der Waals surface area contributed by atoms with Crippen LogP contribution in [0.2, 0.25) is 0 Å². The Labute approximate surface area is 111 Å².